The van der Waals surface area contributed by atoms with Crippen LogP contribution in [0.3, 0.4) is 0 Å². The molecule has 0 saturated heterocycles. The molecule has 2 aromatic carbocycles. The number of hydrogen-bond donors (Lipinski definition) is 0. The molecular formula is C14H12NNaO3S2. The first-order valence-electron chi connectivity index (χ1n) is 6.12. The maximum Gasteiger partial charge on any atom is 1.00 e. The van der Waals surface area contributed by atoms with Gasteiger partial charge in [0, 0.05) is 16.3 Å². The molecule has 0 spiro atoms. The van der Waals surface area contributed by atoms with Gasteiger partial charge < -0.3 is 9.45 Å². The molecule has 2 aromatic rings. The molecule has 7 heteroatoms. The number of para-hydroxylation sites is 2. The van der Waals surface area contributed by atoms with Crippen molar-refractivity contribution in [3.8, 4) is 0 Å². The van der Waals surface area contributed by atoms with Crippen LogP contribution in [0.15, 0.2) is 58.3 Å². The van der Waals surface area contributed by atoms with E-state index in [1.807, 2.05) is 53.4 Å². The first-order valence-corrected chi connectivity index (χ1v) is 8.51. The molecule has 104 valence electrons. The van der Waals surface area contributed by atoms with Crippen molar-refractivity contribution in [2.75, 3.05) is 17.2 Å². The fourth-order valence-electron chi connectivity index (χ4n) is 2.23. The van der Waals surface area contributed by atoms with Gasteiger partial charge in [0.05, 0.1) is 27.2 Å². The Balaban J connectivity index is 0.00000161. The van der Waals surface area contributed by atoms with Crippen LogP contribution in [0.25, 0.3) is 0 Å². The van der Waals surface area contributed by atoms with Gasteiger partial charge >= 0.3 is 29.6 Å². The van der Waals surface area contributed by atoms with Crippen LogP contribution in [0.5, 0.6) is 0 Å². The number of benzene rings is 2. The summed E-state index contributed by atoms with van der Waals surface area (Å²) in [5.74, 6) is -0.402. The summed E-state index contributed by atoms with van der Waals surface area (Å²) in [6.45, 7) is 0.167. The zero-order valence-corrected chi connectivity index (χ0v) is 15.2. The van der Waals surface area contributed by atoms with Crippen LogP contribution in [-0.4, -0.2) is 25.3 Å². The second kappa shape index (κ2) is 6.73. The van der Waals surface area contributed by atoms with Crippen LogP contribution >= 0.6 is 11.8 Å². The van der Waals surface area contributed by atoms with Gasteiger partial charge in [-0.3, -0.25) is 0 Å². The van der Waals surface area contributed by atoms with Gasteiger partial charge in [-0.05, 0) is 24.3 Å². The molecule has 0 N–H and O–H groups in total. The van der Waals surface area contributed by atoms with Gasteiger partial charge in [0.1, 0.15) is 0 Å². The molecular weight excluding hydrogens is 317 g/mol. The topological polar surface area (TPSA) is 60.4 Å². The van der Waals surface area contributed by atoms with Crippen molar-refractivity contribution in [3.05, 3.63) is 48.5 Å². The van der Waals surface area contributed by atoms with Crippen molar-refractivity contribution in [3.63, 3.8) is 0 Å². The van der Waals surface area contributed by atoms with E-state index in [-0.39, 0.29) is 36.1 Å². The minimum Gasteiger partial charge on any atom is -0.748 e. The van der Waals surface area contributed by atoms with E-state index >= 15 is 0 Å². The van der Waals surface area contributed by atoms with Crippen LogP contribution in [0.4, 0.5) is 11.4 Å². The molecule has 1 heterocycles. The molecule has 1 aliphatic heterocycles. The molecule has 0 aliphatic carbocycles. The molecule has 0 fully saturated rings. The van der Waals surface area contributed by atoms with E-state index in [1.54, 1.807) is 11.8 Å². The van der Waals surface area contributed by atoms with E-state index in [1.165, 1.54) is 0 Å². The molecule has 3 rings (SSSR count). The van der Waals surface area contributed by atoms with Crippen LogP contribution < -0.4 is 34.5 Å². The molecule has 0 unspecified atom stereocenters. The summed E-state index contributed by atoms with van der Waals surface area (Å²) in [6, 6.07) is 15.6. The standard InChI is InChI=1S/C14H13NO3S2.Na/c16-20(17,18)10-9-15-11-5-1-3-7-13(11)19-14-8-4-2-6-12(14)15;/h1-8H,9-10H2,(H,16,17,18);/q;+1/p-1. The molecule has 21 heavy (non-hydrogen) atoms. The fraction of sp³-hybridized carbons (Fsp3) is 0.143. The molecule has 1 aliphatic rings. The normalized spacial score (nSPS) is 13.1. The second-order valence-electron chi connectivity index (χ2n) is 4.45. The average molecular weight is 329 g/mol. The summed E-state index contributed by atoms with van der Waals surface area (Å²) in [5.41, 5.74) is 1.89. The minimum atomic E-state index is -4.23. The molecule has 0 saturated carbocycles. The summed E-state index contributed by atoms with van der Waals surface area (Å²) in [7, 11) is -4.23. The Bertz CT molecular complexity index is 704. The predicted octanol–water partition coefficient (Wildman–Crippen LogP) is -0.161. The summed E-state index contributed by atoms with van der Waals surface area (Å²) < 4.78 is 32.7. The molecule has 0 bridgehead atoms. The molecule has 0 atom stereocenters. The average Bonchev–Trinajstić information content (AvgIpc) is 2.42. The van der Waals surface area contributed by atoms with E-state index in [0.717, 1.165) is 21.2 Å². The SMILES string of the molecule is O=S(=O)([O-])CCN1c2ccccc2Sc2ccccc21.[Na+]. The number of rotatable bonds is 3. The van der Waals surface area contributed by atoms with Crippen LogP contribution in [0.2, 0.25) is 0 Å². The zero-order valence-electron chi connectivity index (χ0n) is 11.5. The maximum atomic E-state index is 10.9. The maximum absolute atomic E-state index is 10.9. The van der Waals surface area contributed by atoms with Crippen molar-refractivity contribution >= 4 is 33.3 Å². The monoisotopic (exact) mass is 329 g/mol. The van der Waals surface area contributed by atoms with Gasteiger partial charge in [-0.15, -0.1) is 0 Å². The van der Waals surface area contributed by atoms with E-state index in [2.05, 4.69) is 0 Å². The van der Waals surface area contributed by atoms with E-state index in [9.17, 15) is 13.0 Å². The number of hydrogen-bond acceptors (Lipinski definition) is 5. The molecule has 0 aromatic heterocycles. The van der Waals surface area contributed by atoms with Gasteiger partial charge in [-0.1, -0.05) is 36.0 Å². The number of anilines is 2. The Morgan fingerprint density at radius 1 is 0.952 bits per heavy atom. The third-order valence-corrected chi connectivity index (χ3v) is 4.91. The number of fused-ring (bicyclic) bond motifs is 2. The Morgan fingerprint density at radius 3 is 1.90 bits per heavy atom. The first kappa shape index (κ1) is 16.9. The van der Waals surface area contributed by atoms with Gasteiger partial charge in [0.15, 0.2) is 0 Å². The molecule has 0 amide bonds. The third-order valence-electron chi connectivity index (χ3n) is 3.10. The van der Waals surface area contributed by atoms with Gasteiger partial charge in [-0.2, -0.15) is 0 Å². The van der Waals surface area contributed by atoms with Crippen LogP contribution in [0, 0.1) is 0 Å². The van der Waals surface area contributed by atoms with Gasteiger partial charge in [0.25, 0.3) is 0 Å². The van der Waals surface area contributed by atoms with Crippen LogP contribution in [0.1, 0.15) is 0 Å². The Hall–Kier alpha value is -0.500. The third kappa shape index (κ3) is 3.83. The summed E-state index contributed by atoms with van der Waals surface area (Å²) >= 11 is 1.65. The van der Waals surface area contributed by atoms with Crippen LogP contribution in [-0.2, 0) is 10.1 Å². The predicted molar refractivity (Wildman–Crippen MR) is 78.6 cm³/mol. The molecule has 4 nitrogen and oxygen atoms in total. The fourth-order valence-corrected chi connectivity index (χ4v) is 3.73. The Labute approximate surface area is 150 Å². The van der Waals surface area contributed by atoms with Crippen molar-refractivity contribution in [1.82, 2.24) is 0 Å². The first-order chi connectivity index (χ1) is 9.54. The Morgan fingerprint density at radius 2 is 1.43 bits per heavy atom. The summed E-state index contributed by atoms with van der Waals surface area (Å²) in [5, 5.41) is 0. The van der Waals surface area contributed by atoms with Crippen molar-refractivity contribution in [1.29, 1.82) is 0 Å². The van der Waals surface area contributed by atoms with Crippen molar-refractivity contribution in [2.45, 2.75) is 9.79 Å². The van der Waals surface area contributed by atoms with E-state index in [4.69, 9.17) is 0 Å². The molecule has 0 radical (unpaired) electrons. The minimum absolute atomic E-state index is 0. The Kier molecular flexibility index (Phi) is 5.40. The van der Waals surface area contributed by atoms with Crippen molar-refractivity contribution < 1.29 is 42.5 Å². The van der Waals surface area contributed by atoms with Gasteiger partial charge in [-0.25, -0.2) is 8.42 Å². The smallest absolute Gasteiger partial charge is 0.748 e. The second-order valence-corrected chi connectivity index (χ2v) is 7.06. The summed E-state index contributed by atoms with van der Waals surface area (Å²) in [4.78, 5) is 4.03. The largest absolute Gasteiger partial charge is 1.00 e. The zero-order chi connectivity index (χ0) is 14.2. The van der Waals surface area contributed by atoms with E-state index < -0.39 is 15.9 Å². The summed E-state index contributed by atoms with van der Waals surface area (Å²) in [6.07, 6.45) is 0. The van der Waals surface area contributed by atoms with E-state index in [0.29, 0.717) is 0 Å². The van der Waals surface area contributed by atoms with Crippen molar-refractivity contribution in [2.24, 2.45) is 0 Å². The quantitative estimate of drug-likeness (QED) is 0.578. The number of nitrogens with zero attached hydrogens (tertiary/aromatic N) is 1. The van der Waals surface area contributed by atoms with Gasteiger partial charge in [0.2, 0.25) is 0 Å².